The first-order chi connectivity index (χ1) is 13.4. The first kappa shape index (κ1) is 21.6. The van der Waals surface area contributed by atoms with Crippen LogP contribution in [0, 0.1) is 18.3 Å². The molecule has 0 saturated carbocycles. The van der Waals surface area contributed by atoms with Crippen LogP contribution in [0.4, 0.5) is 5.69 Å². The third kappa shape index (κ3) is 5.41. The number of anilines is 1. The van der Waals surface area contributed by atoms with E-state index in [1.807, 2.05) is 26.8 Å². The molecule has 1 amide bonds. The summed E-state index contributed by atoms with van der Waals surface area (Å²) >= 11 is 12.3. The van der Waals surface area contributed by atoms with Gasteiger partial charge in [-0.05, 0) is 50.6 Å². The van der Waals surface area contributed by atoms with E-state index in [2.05, 4.69) is 5.32 Å². The third-order valence-electron chi connectivity index (χ3n) is 3.76. The van der Waals surface area contributed by atoms with Crippen LogP contribution in [0.2, 0.25) is 10.0 Å². The fraction of sp³-hybridized carbons (Fsp3) is 0.238. The highest BCUT2D eigenvalue weighted by Crippen LogP contribution is 2.34. The fourth-order valence-electron chi connectivity index (χ4n) is 2.38. The molecule has 0 radical (unpaired) electrons. The number of benzene rings is 2. The Morgan fingerprint density at radius 3 is 2.39 bits per heavy atom. The minimum Gasteiger partial charge on any atom is -0.493 e. The van der Waals surface area contributed by atoms with Gasteiger partial charge in [0.05, 0.1) is 18.2 Å². The zero-order valence-electron chi connectivity index (χ0n) is 15.8. The summed E-state index contributed by atoms with van der Waals surface area (Å²) in [7, 11) is 0. The van der Waals surface area contributed by atoms with Gasteiger partial charge in [-0.1, -0.05) is 29.3 Å². The molecule has 0 heterocycles. The van der Waals surface area contributed by atoms with E-state index in [1.54, 1.807) is 30.3 Å². The highest BCUT2D eigenvalue weighted by molar-refractivity contribution is 6.32. The zero-order valence-corrected chi connectivity index (χ0v) is 17.3. The predicted octanol–water partition coefficient (Wildman–Crippen LogP) is 5.64. The van der Waals surface area contributed by atoms with Gasteiger partial charge in [-0.3, -0.25) is 4.79 Å². The van der Waals surface area contributed by atoms with Gasteiger partial charge in [0.2, 0.25) is 0 Å². The molecule has 0 unspecified atom stereocenters. The molecule has 5 nitrogen and oxygen atoms in total. The van der Waals surface area contributed by atoms with Crippen LogP contribution in [0.1, 0.15) is 25.0 Å². The molecule has 0 aliphatic carbocycles. The molecule has 0 aliphatic heterocycles. The molecule has 2 rings (SSSR count). The number of nitrogens with zero attached hydrogens (tertiary/aromatic N) is 1. The molecule has 0 bridgehead atoms. The first-order valence-corrected chi connectivity index (χ1v) is 9.43. The molecular weight excluding hydrogens is 399 g/mol. The van der Waals surface area contributed by atoms with E-state index in [1.165, 1.54) is 6.08 Å². The lowest BCUT2D eigenvalue weighted by Crippen LogP contribution is -2.13. The van der Waals surface area contributed by atoms with Crippen LogP contribution in [-0.2, 0) is 4.79 Å². The molecular formula is C21H20Cl2N2O3. The Morgan fingerprint density at radius 1 is 1.11 bits per heavy atom. The van der Waals surface area contributed by atoms with E-state index in [-0.39, 0.29) is 5.57 Å². The molecule has 0 aliphatic rings. The van der Waals surface area contributed by atoms with E-state index >= 15 is 0 Å². The average Bonchev–Trinajstić information content (AvgIpc) is 2.66. The maximum Gasteiger partial charge on any atom is 0.266 e. The summed E-state index contributed by atoms with van der Waals surface area (Å²) in [4.78, 5) is 12.5. The smallest absolute Gasteiger partial charge is 0.266 e. The lowest BCUT2D eigenvalue weighted by Gasteiger charge is -2.13. The van der Waals surface area contributed by atoms with Gasteiger partial charge in [0.15, 0.2) is 0 Å². The number of nitriles is 1. The van der Waals surface area contributed by atoms with Crippen molar-refractivity contribution < 1.29 is 14.3 Å². The molecule has 0 spiro atoms. The average molecular weight is 419 g/mol. The van der Waals surface area contributed by atoms with Crippen LogP contribution in [0.5, 0.6) is 11.5 Å². The number of hydrogen-bond acceptors (Lipinski definition) is 4. The Kier molecular flexibility index (Phi) is 7.74. The molecule has 7 heteroatoms. The third-order valence-corrected chi connectivity index (χ3v) is 4.46. The summed E-state index contributed by atoms with van der Waals surface area (Å²) in [5, 5.41) is 13.0. The Labute approximate surface area is 174 Å². The Hall–Kier alpha value is -2.68. The number of rotatable bonds is 7. The maximum atomic E-state index is 12.5. The SMILES string of the molecule is CCOc1cc(OCC)c(/C=C(\C#N)C(=O)Nc2ccc(C)c(Cl)c2)cc1Cl. The van der Waals surface area contributed by atoms with Crippen molar-refractivity contribution in [3.05, 3.63) is 57.1 Å². The van der Waals surface area contributed by atoms with Crippen molar-refractivity contribution in [1.29, 1.82) is 5.26 Å². The van der Waals surface area contributed by atoms with Crippen molar-refractivity contribution in [3.8, 4) is 17.6 Å². The molecule has 0 aromatic heterocycles. The van der Waals surface area contributed by atoms with Crippen LogP contribution in [0.15, 0.2) is 35.9 Å². The second kappa shape index (κ2) is 10.0. The van der Waals surface area contributed by atoms with E-state index in [0.717, 1.165) is 5.56 Å². The van der Waals surface area contributed by atoms with Gasteiger partial charge in [0, 0.05) is 22.3 Å². The van der Waals surface area contributed by atoms with Crippen molar-refractivity contribution in [3.63, 3.8) is 0 Å². The maximum absolute atomic E-state index is 12.5. The Balaban J connectivity index is 2.36. The van der Waals surface area contributed by atoms with E-state index in [4.69, 9.17) is 32.7 Å². The van der Waals surface area contributed by atoms with Crippen molar-refractivity contribution in [2.24, 2.45) is 0 Å². The standard InChI is InChI=1S/C21H20Cl2N2O3/c1-4-27-19-11-20(28-5-2)18(23)9-14(19)8-15(12-24)21(26)25-16-7-6-13(3)17(22)10-16/h6-11H,4-5H2,1-3H3,(H,25,26)/b15-8+. The number of halogens is 2. The highest BCUT2D eigenvalue weighted by Gasteiger charge is 2.14. The first-order valence-electron chi connectivity index (χ1n) is 8.68. The summed E-state index contributed by atoms with van der Waals surface area (Å²) in [5.41, 5.74) is 1.79. The molecule has 1 N–H and O–H groups in total. The number of carbonyl (C=O) groups is 1. The molecule has 0 saturated heterocycles. The van der Waals surface area contributed by atoms with Gasteiger partial charge >= 0.3 is 0 Å². The van der Waals surface area contributed by atoms with Crippen molar-refractivity contribution in [2.75, 3.05) is 18.5 Å². The number of carbonyl (C=O) groups excluding carboxylic acids is 1. The minimum absolute atomic E-state index is 0.0992. The second-order valence-corrected chi connectivity index (χ2v) is 6.59. The van der Waals surface area contributed by atoms with E-state index < -0.39 is 5.91 Å². The molecule has 28 heavy (non-hydrogen) atoms. The fourth-order valence-corrected chi connectivity index (χ4v) is 2.79. The van der Waals surface area contributed by atoms with E-state index in [0.29, 0.717) is 46.0 Å². The van der Waals surface area contributed by atoms with Crippen LogP contribution in [0.3, 0.4) is 0 Å². The number of hydrogen-bond donors (Lipinski definition) is 1. The highest BCUT2D eigenvalue weighted by atomic mass is 35.5. The number of amides is 1. The van der Waals surface area contributed by atoms with Gasteiger partial charge in [-0.25, -0.2) is 0 Å². The van der Waals surface area contributed by atoms with Gasteiger partial charge in [0.1, 0.15) is 23.1 Å². The Bertz CT molecular complexity index is 949. The lowest BCUT2D eigenvalue weighted by molar-refractivity contribution is -0.112. The molecule has 2 aromatic carbocycles. The lowest BCUT2D eigenvalue weighted by atomic mass is 10.1. The zero-order chi connectivity index (χ0) is 20.7. The van der Waals surface area contributed by atoms with Gasteiger partial charge in [-0.2, -0.15) is 5.26 Å². The summed E-state index contributed by atoms with van der Waals surface area (Å²) in [6, 6.07) is 10.3. The summed E-state index contributed by atoms with van der Waals surface area (Å²) < 4.78 is 11.1. The van der Waals surface area contributed by atoms with Crippen LogP contribution in [-0.4, -0.2) is 19.1 Å². The van der Waals surface area contributed by atoms with Gasteiger partial charge in [0.25, 0.3) is 5.91 Å². The number of aryl methyl sites for hydroxylation is 1. The van der Waals surface area contributed by atoms with Crippen molar-refractivity contribution in [1.82, 2.24) is 0 Å². The van der Waals surface area contributed by atoms with Gasteiger partial charge < -0.3 is 14.8 Å². The van der Waals surface area contributed by atoms with Crippen LogP contribution < -0.4 is 14.8 Å². The molecule has 2 aromatic rings. The van der Waals surface area contributed by atoms with Gasteiger partial charge in [-0.15, -0.1) is 0 Å². The second-order valence-electron chi connectivity index (χ2n) is 5.77. The van der Waals surface area contributed by atoms with Crippen LogP contribution >= 0.6 is 23.2 Å². The Morgan fingerprint density at radius 2 is 1.79 bits per heavy atom. The van der Waals surface area contributed by atoms with Crippen LogP contribution in [0.25, 0.3) is 6.08 Å². The summed E-state index contributed by atoms with van der Waals surface area (Å²) in [6.45, 7) is 6.40. The summed E-state index contributed by atoms with van der Waals surface area (Å²) in [6.07, 6.45) is 1.43. The topological polar surface area (TPSA) is 71.3 Å². The quantitative estimate of drug-likeness (QED) is 0.465. The summed E-state index contributed by atoms with van der Waals surface area (Å²) in [5.74, 6) is 0.381. The number of nitrogens with one attached hydrogen (secondary N) is 1. The largest absolute Gasteiger partial charge is 0.493 e. The van der Waals surface area contributed by atoms with Crippen molar-refractivity contribution >= 4 is 40.9 Å². The monoisotopic (exact) mass is 418 g/mol. The predicted molar refractivity (Wildman–Crippen MR) is 112 cm³/mol. The normalized spacial score (nSPS) is 10.9. The molecule has 0 fully saturated rings. The van der Waals surface area contributed by atoms with Crippen molar-refractivity contribution in [2.45, 2.75) is 20.8 Å². The molecule has 146 valence electrons. The number of ether oxygens (including phenoxy) is 2. The minimum atomic E-state index is -0.560. The van der Waals surface area contributed by atoms with E-state index in [9.17, 15) is 10.1 Å². The molecule has 0 atom stereocenters.